The van der Waals surface area contributed by atoms with Gasteiger partial charge in [-0.1, -0.05) is 32.9 Å². The maximum absolute atomic E-state index is 10.4. The minimum absolute atomic E-state index is 0.137. The lowest BCUT2D eigenvalue weighted by Gasteiger charge is -2.41. The highest BCUT2D eigenvalue weighted by Gasteiger charge is 2.50. The van der Waals surface area contributed by atoms with E-state index in [9.17, 15) is 5.11 Å². The first-order valence-corrected chi connectivity index (χ1v) is 6.81. The summed E-state index contributed by atoms with van der Waals surface area (Å²) >= 11 is 0. The van der Waals surface area contributed by atoms with Crippen LogP contribution in [0.15, 0.2) is 12.2 Å². The molecule has 0 aromatic carbocycles. The molecule has 1 N–H and O–H groups in total. The Labute approximate surface area is 99.9 Å². The van der Waals surface area contributed by atoms with E-state index in [1.165, 1.54) is 37.7 Å². The van der Waals surface area contributed by atoms with E-state index in [4.69, 9.17) is 0 Å². The monoisotopic (exact) mass is 222 g/mol. The number of allylic oxidation sites excluding steroid dienone is 1. The van der Waals surface area contributed by atoms with Crippen LogP contribution in [0.3, 0.4) is 0 Å². The number of hydrogen-bond acceptors (Lipinski definition) is 1. The highest BCUT2D eigenvalue weighted by molar-refractivity contribution is 5.16. The lowest BCUT2D eigenvalue weighted by atomic mass is 9.64. The van der Waals surface area contributed by atoms with Gasteiger partial charge >= 0.3 is 0 Å². The molecule has 0 spiro atoms. The van der Waals surface area contributed by atoms with Crippen LogP contribution in [0.1, 0.15) is 52.9 Å². The van der Waals surface area contributed by atoms with Gasteiger partial charge in [0.2, 0.25) is 0 Å². The van der Waals surface area contributed by atoms with Gasteiger partial charge in [-0.3, -0.25) is 0 Å². The van der Waals surface area contributed by atoms with Gasteiger partial charge in [-0.25, -0.2) is 0 Å². The molecular weight excluding hydrogens is 196 g/mol. The lowest BCUT2D eigenvalue weighted by Crippen LogP contribution is -2.36. The summed E-state index contributed by atoms with van der Waals surface area (Å²) in [5, 5.41) is 10.4. The zero-order valence-electron chi connectivity index (χ0n) is 11.0. The summed E-state index contributed by atoms with van der Waals surface area (Å²) in [5.74, 6) is 1.43. The zero-order chi connectivity index (χ0) is 11.9. The van der Waals surface area contributed by atoms with E-state index in [2.05, 4.69) is 27.4 Å². The smallest absolute Gasteiger partial charge is 0.0597 e. The topological polar surface area (TPSA) is 20.2 Å². The van der Waals surface area contributed by atoms with Gasteiger partial charge in [0.25, 0.3) is 0 Å². The molecule has 0 aromatic rings. The molecule has 0 saturated heterocycles. The van der Waals surface area contributed by atoms with Crippen molar-refractivity contribution in [3.63, 3.8) is 0 Å². The van der Waals surface area contributed by atoms with Crippen LogP contribution in [0.5, 0.6) is 0 Å². The normalized spacial score (nSPS) is 41.2. The number of aliphatic hydroxyl groups is 1. The average molecular weight is 222 g/mol. The Morgan fingerprint density at radius 1 is 1.38 bits per heavy atom. The molecule has 0 aromatic heterocycles. The second-order valence-corrected chi connectivity index (χ2v) is 6.58. The number of fused-ring (bicyclic) bond motifs is 1. The minimum Gasteiger partial charge on any atom is -0.393 e. The summed E-state index contributed by atoms with van der Waals surface area (Å²) in [6.07, 6.45) is 6.15. The fourth-order valence-corrected chi connectivity index (χ4v) is 4.15. The molecule has 0 bridgehead atoms. The maximum Gasteiger partial charge on any atom is 0.0597 e. The standard InChI is InChI=1S/C15H26O/c1-10(2)14(16)12-7-9-15(4)8-5-6-11(3)13(12)15/h10,12-14,16H,3,5-9H2,1-2,4H3/t12-,13+,14-,15-/m1/s1. The highest BCUT2D eigenvalue weighted by atomic mass is 16.3. The van der Waals surface area contributed by atoms with E-state index < -0.39 is 0 Å². The SMILES string of the molecule is C=C1CCC[C@]2(C)CC[C@@H]([C@H](O)C(C)C)[C@H]12. The Hall–Kier alpha value is -0.300. The highest BCUT2D eigenvalue weighted by Crippen LogP contribution is 2.57. The van der Waals surface area contributed by atoms with E-state index in [0.717, 1.165) is 0 Å². The van der Waals surface area contributed by atoms with E-state index in [-0.39, 0.29) is 6.10 Å². The largest absolute Gasteiger partial charge is 0.393 e. The van der Waals surface area contributed by atoms with Crippen LogP contribution in [0.25, 0.3) is 0 Å². The summed E-state index contributed by atoms with van der Waals surface area (Å²) in [5.41, 5.74) is 1.85. The fourth-order valence-electron chi connectivity index (χ4n) is 4.15. The Morgan fingerprint density at radius 3 is 2.69 bits per heavy atom. The van der Waals surface area contributed by atoms with Crippen molar-refractivity contribution in [3.8, 4) is 0 Å². The van der Waals surface area contributed by atoms with Crippen molar-refractivity contribution >= 4 is 0 Å². The molecule has 2 aliphatic rings. The van der Waals surface area contributed by atoms with Gasteiger partial charge < -0.3 is 5.11 Å². The first kappa shape index (κ1) is 12.2. The molecule has 2 rings (SSSR count). The maximum atomic E-state index is 10.4. The second kappa shape index (κ2) is 4.18. The summed E-state index contributed by atoms with van der Waals surface area (Å²) in [6, 6.07) is 0. The number of aliphatic hydroxyl groups excluding tert-OH is 1. The van der Waals surface area contributed by atoms with Crippen LogP contribution < -0.4 is 0 Å². The minimum atomic E-state index is -0.137. The third-order valence-electron chi connectivity index (χ3n) is 5.04. The van der Waals surface area contributed by atoms with Crippen molar-refractivity contribution < 1.29 is 5.11 Å². The predicted molar refractivity (Wildman–Crippen MR) is 68.2 cm³/mol. The lowest BCUT2D eigenvalue weighted by molar-refractivity contribution is 0.0320. The molecule has 2 fully saturated rings. The molecular formula is C15H26O. The molecule has 2 saturated carbocycles. The summed E-state index contributed by atoms with van der Waals surface area (Å²) < 4.78 is 0. The van der Waals surface area contributed by atoms with Gasteiger partial charge in [0, 0.05) is 0 Å². The predicted octanol–water partition coefficient (Wildman–Crippen LogP) is 3.78. The fraction of sp³-hybridized carbons (Fsp3) is 0.867. The van der Waals surface area contributed by atoms with Crippen molar-refractivity contribution in [1.82, 2.24) is 0 Å². The number of hydrogen-bond donors (Lipinski definition) is 1. The van der Waals surface area contributed by atoms with Crippen molar-refractivity contribution in [1.29, 1.82) is 0 Å². The second-order valence-electron chi connectivity index (χ2n) is 6.58. The van der Waals surface area contributed by atoms with Gasteiger partial charge in [-0.2, -0.15) is 0 Å². The summed E-state index contributed by atoms with van der Waals surface area (Å²) in [4.78, 5) is 0. The van der Waals surface area contributed by atoms with Gasteiger partial charge in [-0.15, -0.1) is 0 Å². The summed E-state index contributed by atoms with van der Waals surface area (Å²) in [6.45, 7) is 11.0. The van der Waals surface area contributed by atoms with Gasteiger partial charge in [-0.05, 0) is 55.3 Å². The molecule has 4 atom stereocenters. The molecule has 1 heteroatoms. The molecule has 92 valence electrons. The van der Waals surface area contributed by atoms with Gasteiger partial charge in [0.1, 0.15) is 0 Å². The van der Waals surface area contributed by atoms with Crippen LogP contribution in [0, 0.1) is 23.2 Å². The van der Waals surface area contributed by atoms with Crippen LogP contribution in [-0.4, -0.2) is 11.2 Å². The van der Waals surface area contributed by atoms with Crippen molar-refractivity contribution in [2.45, 2.75) is 59.0 Å². The molecule has 2 aliphatic carbocycles. The molecule has 0 aliphatic heterocycles. The Bertz CT molecular complexity index is 281. The Kier molecular flexibility index (Phi) is 3.18. The first-order chi connectivity index (χ1) is 7.46. The first-order valence-electron chi connectivity index (χ1n) is 6.81. The molecule has 0 radical (unpaired) electrons. The summed E-state index contributed by atoms with van der Waals surface area (Å²) in [7, 11) is 0. The van der Waals surface area contributed by atoms with Crippen LogP contribution in [0.2, 0.25) is 0 Å². The van der Waals surface area contributed by atoms with Crippen molar-refractivity contribution in [2.75, 3.05) is 0 Å². The number of rotatable bonds is 2. The van der Waals surface area contributed by atoms with E-state index in [1.54, 1.807) is 0 Å². The van der Waals surface area contributed by atoms with E-state index in [1.807, 2.05) is 0 Å². The Balaban J connectivity index is 2.21. The third kappa shape index (κ3) is 1.84. The molecule has 0 heterocycles. The average Bonchev–Trinajstić information content (AvgIpc) is 2.55. The van der Waals surface area contributed by atoms with E-state index in [0.29, 0.717) is 23.2 Å². The molecule has 0 amide bonds. The molecule has 1 nitrogen and oxygen atoms in total. The van der Waals surface area contributed by atoms with Gasteiger partial charge in [0.15, 0.2) is 0 Å². The van der Waals surface area contributed by atoms with Crippen molar-refractivity contribution in [3.05, 3.63) is 12.2 Å². The van der Waals surface area contributed by atoms with Crippen LogP contribution in [-0.2, 0) is 0 Å². The van der Waals surface area contributed by atoms with Crippen LogP contribution >= 0.6 is 0 Å². The third-order valence-corrected chi connectivity index (χ3v) is 5.04. The molecule has 16 heavy (non-hydrogen) atoms. The zero-order valence-corrected chi connectivity index (χ0v) is 11.0. The van der Waals surface area contributed by atoms with E-state index >= 15 is 0 Å². The van der Waals surface area contributed by atoms with Gasteiger partial charge in [0.05, 0.1) is 6.10 Å². The quantitative estimate of drug-likeness (QED) is 0.705. The Morgan fingerprint density at radius 2 is 2.06 bits per heavy atom. The van der Waals surface area contributed by atoms with Crippen molar-refractivity contribution in [2.24, 2.45) is 23.2 Å². The van der Waals surface area contributed by atoms with Crippen LogP contribution in [0.4, 0.5) is 0 Å². The molecule has 0 unspecified atom stereocenters.